The number of anilines is 1. The lowest BCUT2D eigenvalue weighted by Gasteiger charge is -2.15. The van der Waals surface area contributed by atoms with Gasteiger partial charge < -0.3 is 16.0 Å². The van der Waals surface area contributed by atoms with E-state index < -0.39 is 0 Å². The molecule has 0 radical (unpaired) electrons. The lowest BCUT2D eigenvalue weighted by molar-refractivity contribution is -0.116. The Bertz CT molecular complexity index is 443. The summed E-state index contributed by atoms with van der Waals surface area (Å²) in [6.45, 7) is 2.67. The van der Waals surface area contributed by atoms with Crippen LogP contribution in [-0.2, 0) is 11.3 Å². The van der Waals surface area contributed by atoms with Gasteiger partial charge in [0, 0.05) is 25.2 Å². The van der Waals surface area contributed by atoms with Crippen LogP contribution in [-0.4, -0.2) is 30.9 Å². The minimum Gasteiger partial charge on any atom is -0.326 e. The van der Waals surface area contributed by atoms with Crippen LogP contribution in [0.25, 0.3) is 0 Å². The minimum atomic E-state index is 0.0824. The Balaban J connectivity index is 1.66. The van der Waals surface area contributed by atoms with Crippen LogP contribution < -0.4 is 11.1 Å². The van der Waals surface area contributed by atoms with Crippen LogP contribution in [0.15, 0.2) is 24.3 Å². The quantitative estimate of drug-likeness (QED) is 0.764. The molecule has 0 bridgehead atoms. The second kappa shape index (κ2) is 7.41. The summed E-state index contributed by atoms with van der Waals surface area (Å²) in [5.74, 6) is 0.992. The number of nitrogens with two attached hydrogens (primary N) is 1. The van der Waals surface area contributed by atoms with Crippen molar-refractivity contribution < 1.29 is 4.79 Å². The van der Waals surface area contributed by atoms with Crippen LogP contribution in [0, 0.1) is 5.92 Å². The van der Waals surface area contributed by atoms with E-state index in [4.69, 9.17) is 5.73 Å². The Kier molecular flexibility index (Phi) is 5.56. The van der Waals surface area contributed by atoms with E-state index in [0.717, 1.165) is 30.1 Å². The maximum Gasteiger partial charge on any atom is 0.224 e. The zero-order valence-corrected chi connectivity index (χ0v) is 12.3. The highest BCUT2D eigenvalue weighted by atomic mass is 16.1. The predicted molar refractivity (Wildman–Crippen MR) is 82.4 cm³/mol. The molecule has 4 heteroatoms. The Labute approximate surface area is 121 Å². The second-order valence-corrected chi connectivity index (χ2v) is 5.76. The van der Waals surface area contributed by atoms with Crippen molar-refractivity contribution >= 4 is 11.6 Å². The first-order valence-corrected chi connectivity index (χ1v) is 7.45. The number of hydrogen-bond donors (Lipinski definition) is 2. The molecule has 1 saturated carbocycles. The summed E-state index contributed by atoms with van der Waals surface area (Å²) in [4.78, 5) is 14.2. The number of carbonyl (C=O) groups is 1. The molecule has 0 heterocycles. The number of carbonyl (C=O) groups excluding carboxylic acids is 1. The Hall–Kier alpha value is -1.39. The summed E-state index contributed by atoms with van der Waals surface area (Å²) in [5.41, 5.74) is 7.46. The molecule has 3 N–H and O–H groups in total. The van der Waals surface area contributed by atoms with Crippen molar-refractivity contribution in [2.75, 3.05) is 25.5 Å². The van der Waals surface area contributed by atoms with E-state index in [1.807, 2.05) is 24.3 Å². The van der Waals surface area contributed by atoms with Gasteiger partial charge >= 0.3 is 0 Å². The molecule has 1 aromatic rings. The molecule has 1 aromatic carbocycles. The van der Waals surface area contributed by atoms with E-state index in [0.29, 0.717) is 13.0 Å². The maximum atomic E-state index is 11.9. The number of hydrogen-bond acceptors (Lipinski definition) is 3. The van der Waals surface area contributed by atoms with Gasteiger partial charge in [-0.05, 0) is 56.5 Å². The molecule has 0 aliphatic heterocycles. The van der Waals surface area contributed by atoms with Gasteiger partial charge in [-0.1, -0.05) is 12.1 Å². The second-order valence-electron chi connectivity index (χ2n) is 5.76. The molecular formula is C16H25N3O. The molecule has 0 spiro atoms. The fourth-order valence-corrected chi connectivity index (χ4v) is 2.34. The smallest absolute Gasteiger partial charge is 0.224 e. The molecule has 4 nitrogen and oxygen atoms in total. The molecule has 0 saturated heterocycles. The molecule has 2 rings (SSSR count). The fraction of sp³-hybridized carbons (Fsp3) is 0.562. The molecule has 20 heavy (non-hydrogen) atoms. The van der Waals surface area contributed by atoms with E-state index in [1.165, 1.54) is 19.4 Å². The normalized spacial score (nSPS) is 14.6. The first-order valence-electron chi connectivity index (χ1n) is 7.45. The van der Waals surface area contributed by atoms with E-state index in [-0.39, 0.29) is 5.91 Å². The third kappa shape index (κ3) is 5.31. The summed E-state index contributed by atoms with van der Waals surface area (Å²) in [7, 11) is 2.14. The molecular weight excluding hydrogens is 250 g/mol. The van der Waals surface area contributed by atoms with Crippen molar-refractivity contribution in [1.82, 2.24) is 4.90 Å². The summed E-state index contributed by atoms with van der Waals surface area (Å²) < 4.78 is 0. The molecule has 1 aliphatic carbocycles. The van der Waals surface area contributed by atoms with Gasteiger partial charge in [-0.25, -0.2) is 0 Å². The summed E-state index contributed by atoms with van der Waals surface area (Å²) in [6, 6.07) is 7.71. The van der Waals surface area contributed by atoms with Gasteiger partial charge in [0.25, 0.3) is 0 Å². The largest absolute Gasteiger partial charge is 0.326 e. The third-order valence-corrected chi connectivity index (χ3v) is 3.66. The van der Waals surface area contributed by atoms with Crippen molar-refractivity contribution in [1.29, 1.82) is 0 Å². The van der Waals surface area contributed by atoms with Gasteiger partial charge in [-0.15, -0.1) is 0 Å². The molecule has 110 valence electrons. The van der Waals surface area contributed by atoms with Crippen LogP contribution in [0.5, 0.6) is 0 Å². The minimum absolute atomic E-state index is 0.0824. The van der Waals surface area contributed by atoms with E-state index >= 15 is 0 Å². The molecule has 0 atom stereocenters. The Morgan fingerprint density at radius 3 is 2.95 bits per heavy atom. The average Bonchev–Trinajstić information content (AvgIpc) is 3.22. The topological polar surface area (TPSA) is 58.4 Å². The summed E-state index contributed by atoms with van der Waals surface area (Å²) >= 11 is 0. The van der Waals surface area contributed by atoms with Gasteiger partial charge in [0.05, 0.1) is 0 Å². The highest BCUT2D eigenvalue weighted by molar-refractivity contribution is 5.90. The van der Waals surface area contributed by atoms with Crippen molar-refractivity contribution in [2.24, 2.45) is 11.7 Å². The summed E-state index contributed by atoms with van der Waals surface area (Å²) in [5, 5.41) is 2.93. The van der Waals surface area contributed by atoms with Crippen LogP contribution in [0.1, 0.15) is 31.2 Å². The first kappa shape index (κ1) is 15.0. The van der Waals surface area contributed by atoms with E-state index in [1.54, 1.807) is 0 Å². The van der Waals surface area contributed by atoms with Crippen molar-refractivity contribution in [3.63, 3.8) is 0 Å². The standard InChI is InChI=1S/C16H25N3O/c1-19(12-13-7-8-13)9-3-6-16(20)18-15-5-2-4-14(10-15)11-17/h2,4-5,10,13H,3,6-9,11-12,17H2,1H3,(H,18,20). The van der Waals surface area contributed by atoms with Crippen molar-refractivity contribution in [3.8, 4) is 0 Å². The van der Waals surface area contributed by atoms with E-state index in [9.17, 15) is 4.79 Å². The van der Waals surface area contributed by atoms with Crippen LogP contribution in [0.3, 0.4) is 0 Å². The maximum absolute atomic E-state index is 11.9. The Morgan fingerprint density at radius 2 is 2.25 bits per heavy atom. The SMILES string of the molecule is CN(CCCC(=O)Nc1cccc(CN)c1)CC1CC1. The Morgan fingerprint density at radius 1 is 1.45 bits per heavy atom. The van der Waals surface area contributed by atoms with Gasteiger partial charge in [0.1, 0.15) is 0 Å². The lowest BCUT2D eigenvalue weighted by Crippen LogP contribution is -2.23. The zero-order chi connectivity index (χ0) is 14.4. The van der Waals surface area contributed by atoms with Gasteiger partial charge in [0.15, 0.2) is 0 Å². The first-order chi connectivity index (χ1) is 9.67. The van der Waals surface area contributed by atoms with Crippen molar-refractivity contribution in [2.45, 2.75) is 32.2 Å². The summed E-state index contributed by atoms with van der Waals surface area (Å²) in [6.07, 6.45) is 4.23. The number of rotatable bonds is 8. The van der Waals surface area contributed by atoms with Gasteiger partial charge in [-0.3, -0.25) is 4.79 Å². The van der Waals surface area contributed by atoms with Crippen molar-refractivity contribution in [3.05, 3.63) is 29.8 Å². The highest BCUT2D eigenvalue weighted by Gasteiger charge is 2.22. The number of benzene rings is 1. The molecule has 1 aliphatic rings. The number of nitrogens with one attached hydrogen (secondary N) is 1. The van der Waals surface area contributed by atoms with Gasteiger partial charge in [-0.2, -0.15) is 0 Å². The van der Waals surface area contributed by atoms with E-state index in [2.05, 4.69) is 17.3 Å². The third-order valence-electron chi connectivity index (χ3n) is 3.66. The molecule has 0 aromatic heterocycles. The number of nitrogens with zero attached hydrogens (tertiary/aromatic N) is 1. The van der Waals surface area contributed by atoms with Crippen LogP contribution >= 0.6 is 0 Å². The van der Waals surface area contributed by atoms with Crippen LogP contribution in [0.4, 0.5) is 5.69 Å². The number of amides is 1. The van der Waals surface area contributed by atoms with Gasteiger partial charge in [0.2, 0.25) is 5.91 Å². The zero-order valence-electron chi connectivity index (χ0n) is 12.3. The molecule has 1 amide bonds. The molecule has 0 unspecified atom stereocenters. The average molecular weight is 275 g/mol. The molecule has 1 fully saturated rings. The monoisotopic (exact) mass is 275 g/mol. The predicted octanol–water partition coefficient (Wildman–Crippen LogP) is 2.21. The fourth-order valence-electron chi connectivity index (χ4n) is 2.34. The lowest BCUT2D eigenvalue weighted by atomic mass is 10.2. The highest BCUT2D eigenvalue weighted by Crippen LogP contribution is 2.29. The van der Waals surface area contributed by atoms with Crippen LogP contribution in [0.2, 0.25) is 0 Å².